The van der Waals surface area contributed by atoms with Gasteiger partial charge in [-0.2, -0.15) is 0 Å². The van der Waals surface area contributed by atoms with Crippen molar-refractivity contribution < 1.29 is 9.00 Å². The Morgan fingerprint density at radius 1 is 1.18 bits per heavy atom. The van der Waals surface area contributed by atoms with E-state index in [2.05, 4.69) is 0 Å². The van der Waals surface area contributed by atoms with Crippen molar-refractivity contribution in [2.45, 2.75) is 25.5 Å². The van der Waals surface area contributed by atoms with Crippen LogP contribution < -0.4 is 0 Å². The highest BCUT2D eigenvalue weighted by molar-refractivity contribution is 7.86. The molecular weight excluding hydrogens is 232 g/mol. The lowest BCUT2D eigenvalue weighted by molar-refractivity contribution is 0.0987. The second kappa shape index (κ2) is 4.96. The van der Waals surface area contributed by atoms with Crippen LogP contribution in [0.1, 0.15) is 30.6 Å². The van der Waals surface area contributed by atoms with Crippen LogP contribution in [0.15, 0.2) is 41.5 Å². The van der Waals surface area contributed by atoms with Gasteiger partial charge < -0.3 is 0 Å². The third-order valence-electron chi connectivity index (χ3n) is 3.25. The zero-order chi connectivity index (χ0) is 12.4. The summed E-state index contributed by atoms with van der Waals surface area (Å²) in [5, 5.41) is -0.360. The largest absolute Gasteiger partial charge is 0.293 e. The highest BCUT2D eigenvalue weighted by Gasteiger charge is 2.30. The smallest absolute Gasteiger partial charge is 0.178 e. The average Bonchev–Trinajstić information content (AvgIpc) is 2.34. The van der Waals surface area contributed by atoms with E-state index < -0.39 is 10.8 Å². The maximum absolute atomic E-state index is 12.2. The Hall–Kier alpha value is -1.22. The first-order valence-electron chi connectivity index (χ1n) is 5.71. The molecule has 0 N–H and O–H groups in total. The van der Waals surface area contributed by atoms with Gasteiger partial charge in [0.15, 0.2) is 5.78 Å². The maximum Gasteiger partial charge on any atom is 0.178 e. The third kappa shape index (κ3) is 2.55. The molecular formula is C14H16O2S. The van der Waals surface area contributed by atoms with Gasteiger partial charge in [-0.3, -0.25) is 9.00 Å². The summed E-state index contributed by atoms with van der Waals surface area (Å²) in [5.74, 6) is 0.547. The molecule has 0 fully saturated rings. The van der Waals surface area contributed by atoms with E-state index in [9.17, 15) is 9.00 Å². The number of carbonyl (C=O) groups is 1. The Balaban J connectivity index is 2.25. The lowest BCUT2D eigenvalue weighted by atomic mass is 10.0. The lowest BCUT2D eigenvalue weighted by Crippen LogP contribution is -2.31. The fraction of sp³-hybridized carbons (Fsp3) is 0.357. The van der Waals surface area contributed by atoms with Gasteiger partial charge in [0.05, 0.1) is 0 Å². The topological polar surface area (TPSA) is 34.1 Å². The molecule has 1 aromatic carbocycles. The summed E-state index contributed by atoms with van der Waals surface area (Å²) in [4.78, 5) is 12.2. The summed E-state index contributed by atoms with van der Waals surface area (Å²) < 4.78 is 12.0. The zero-order valence-corrected chi connectivity index (χ0v) is 10.9. The minimum atomic E-state index is -1.07. The summed E-state index contributed by atoms with van der Waals surface area (Å²) >= 11 is 0. The third-order valence-corrected chi connectivity index (χ3v) is 4.98. The van der Waals surface area contributed by atoms with Crippen LogP contribution in [0.5, 0.6) is 0 Å². The second-order valence-corrected chi connectivity index (χ2v) is 6.13. The summed E-state index contributed by atoms with van der Waals surface area (Å²) in [6, 6.07) is 9.14. The normalized spacial score (nSPS) is 24.8. The Bertz CT molecular complexity index is 488. The summed E-state index contributed by atoms with van der Waals surface area (Å²) in [6.45, 7) is 4.02. The van der Waals surface area contributed by atoms with Crippen molar-refractivity contribution in [2.24, 2.45) is 0 Å². The van der Waals surface area contributed by atoms with Crippen molar-refractivity contribution in [1.29, 1.82) is 0 Å². The van der Waals surface area contributed by atoms with E-state index in [1.54, 1.807) is 12.1 Å². The molecule has 0 amide bonds. The molecule has 2 rings (SSSR count). The molecule has 17 heavy (non-hydrogen) atoms. The van der Waals surface area contributed by atoms with Gasteiger partial charge in [-0.15, -0.1) is 0 Å². The minimum Gasteiger partial charge on any atom is -0.293 e. The van der Waals surface area contributed by atoms with Crippen molar-refractivity contribution in [3.05, 3.63) is 47.0 Å². The molecule has 0 aromatic heterocycles. The van der Waals surface area contributed by atoms with Crippen LogP contribution in [0.2, 0.25) is 0 Å². The lowest BCUT2D eigenvalue weighted by Gasteiger charge is -2.22. The number of allylic oxidation sites excluding steroid dienone is 1. The van der Waals surface area contributed by atoms with E-state index in [4.69, 9.17) is 0 Å². The summed E-state index contributed by atoms with van der Waals surface area (Å²) in [7, 11) is -1.07. The molecule has 1 aliphatic rings. The van der Waals surface area contributed by atoms with Crippen molar-refractivity contribution in [2.75, 3.05) is 5.75 Å². The van der Waals surface area contributed by atoms with Gasteiger partial charge in [-0.1, -0.05) is 41.5 Å². The van der Waals surface area contributed by atoms with Gasteiger partial charge in [0, 0.05) is 22.1 Å². The first-order chi connectivity index (χ1) is 8.09. The molecule has 0 aliphatic carbocycles. The Morgan fingerprint density at radius 3 is 2.47 bits per heavy atom. The van der Waals surface area contributed by atoms with Gasteiger partial charge in [-0.25, -0.2) is 0 Å². The van der Waals surface area contributed by atoms with Crippen LogP contribution in [0.3, 0.4) is 0 Å². The SMILES string of the molecule is CC1=C(C)C[S@@](=O)[C@@H](C(=O)c2ccccc2)C1. The van der Waals surface area contributed by atoms with Gasteiger partial charge in [-0.05, 0) is 20.3 Å². The number of hydrogen-bond acceptors (Lipinski definition) is 2. The number of carbonyl (C=O) groups excluding carboxylic acids is 1. The van der Waals surface area contributed by atoms with Gasteiger partial charge in [0.25, 0.3) is 0 Å². The number of Topliss-reactive ketones (excluding diaryl/α,β-unsaturated/α-hetero) is 1. The molecule has 0 bridgehead atoms. The zero-order valence-electron chi connectivity index (χ0n) is 10.1. The quantitative estimate of drug-likeness (QED) is 0.595. The number of benzene rings is 1. The molecule has 3 heteroatoms. The van der Waals surface area contributed by atoms with Crippen molar-refractivity contribution in [1.82, 2.24) is 0 Å². The minimum absolute atomic E-state index is 0.00998. The van der Waals surface area contributed by atoms with E-state index >= 15 is 0 Å². The molecule has 0 spiro atoms. The van der Waals surface area contributed by atoms with E-state index in [1.165, 1.54) is 11.1 Å². The van der Waals surface area contributed by atoms with E-state index in [0.717, 1.165) is 0 Å². The number of ketones is 1. The number of hydrogen-bond donors (Lipinski definition) is 0. The van der Waals surface area contributed by atoms with Crippen LogP contribution in [0.4, 0.5) is 0 Å². The molecule has 0 radical (unpaired) electrons. The van der Waals surface area contributed by atoms with Crippen LogP contribution in [0, 0.1) is 0 Å². The highest BCUT2D eigenvalue weighted by Crippen LogP contribution is 2.24. The molecule has 1 heterocycles. The van der Waals surface area contributed by atoms with E-state index in [-0.39, 0.29) is 11.0 Å². The standard InChI is InChI=1S/C14H16O2S/c1-10-8-13(17(16)9-11(10)2)14(15)12-6-4-3-5-7-12/h3-7,13H,8-9H2,1-2H3/t13-,17-/m1/s1. The summed E-state index contributed by atoms with van der Waals surface area (Å²) in [6.07, 6.45) is 0.631. The molecule has 0 saturated carbocycles. The molecule has 2 atom stereocenters. The maximum atomic E-state index is 12.2. The van der Waals surface area contributed by atoms with Gasteiger partial charge >= 0.3 is 0 Å². The van der Waals surface area contributed by atoms with Crippen LogP contribution >= 0.6 is 0 Å². The molecule has 0 saturated heterocycles. The monoisotopic (exact) mass is 248 g/mol. The Kier molecular flexibility index (Phi) is 3.57. The van der Waals surface area contributed by atoms with Crippen LogP contribution in [0.25, 0.3) is 0 Å². The Morgan fingerprint density at radius 2 is 1.82 bits per heavy atom. The summed E-state index contributed by atoms with van der Waals surface area (Å²) in [5.41, 5.74) is 3.04. The van der Waals surface area contributed by atoms with E-state index in [0.29, 0.717) is 17.7 Å². The van der Waals surface area contributed by atoms with Crippen LogP contribution in [-0.4, -0.2) is 21.0 Å². The molecule has 1 aromatic rings. The predicted molar refractivity (Wildman–Crippen MR) is 70.6 cm³/mol. The van der Waals surface area contributed by atoms with E-state index in [1.807, 2.05) is 32.0 Å². The van der Waals surface area contributed by atoms with Gasteiger partial charge in [0.1, 0.15) is 5.25 Å². The van der Waals surface area contributed by atoms with Crippen LogP contribution in [-0.2, 0) is 10.8 Å². The van der Waals surface area contributed by atoms with Crippen molar-refractivity contribution in [3.63, 3.8) is 0 Å². The molecule has 0 unspecified atom stereocenters. The fourth-order valence-corrected chi connectivity index (χ4v) is 3.67. The molecule has 2 nitrogen and oxygen atoms in total. The molecule has 1 aliphatic heterocycles. The second-order valence-electron chi connectivity index (χ2n) is 4.51. The Labute approximate surface area is 104 Å². The van der Waals surface area contributed by atoms with Gasteiger partial charge in [0.2, 0.25) is 0 Å². The highest BCUT2D eigenvalue weighted by atomic mass is 32.2. The van der Waals surface area contributed by atoms with Crippen molar-refractivity contribution in [3.8, 4) is 0 Å². The first kappa shape index (κ1) is 12.2. The first-order valence-corrected chi connectivity index (χ1v) is 7.09. The average molecular weight is 248 g/mol. The number of rotatable bonds is 2. The fourth-order valence-electron chi connectivity index (χ4n) is 1.98. The van der Waals surface area contributed by atoms with Crippen molar-refractivity contribution >= 4 is 16.6 Å². The predicted octanol–water partition coefficient (Wildman–Crippen LogP) is 2.73. The molecule has 90 valence electrons.